The molecule has 0 saturated heterocycles. The Morgan fingerprint density at radius 1 is 0.600 bits per heavy atom. The maximum Gasteiger partial charge on any atom is 0.155 e. The fourth-order valence-corrected chi connectivity index (χ4v) is 6.01. The Morgan fingerprint density at radius 3 is 1.36 bits per heavy atom. The number of fused-ring (bicyclic) bond motifs is 6. The second-order valence-electron chi connectivity index (χ2n) is 11.4. The fourth-order valence-electron chi connectivity index (χ4n) is 5.48. The second kappa shape index (κ2) is 16.9. The Kier molecular flexibility index (Phi) is 12.4. The number of hydrogen-bond donors (Lipinski definition) is 1. The van der Waals surface area contributed by atoms with Crippen LogP contribution in [0.2, 0.25) is 0 Å². The van der Waals surface area contributed by atoms with Gasteiger partial charge in [0.15, 0.2) is 5.78 Å². The van der Waals surface area contributed by atoms with Gasteiger partial charge < -0.3 is 15.1 Å². The van der Waals surface area contributed by atoms with Gasteiger partial charge in [-0.2, -0.15) is 0 Å². The summed E-state index contributed by atoms with van der Waals surface area (Å²) in [7, 11) is 0. The smallest absolute Gasteiger partial charge is 0.155 e. The van der Waals surface area contributed by atoms with Crippen molar-refractivity contribution in [2.75, 3.05) is 0 Å². The van der Waals surface area contributed by atoms with Gasteiger partial charge >= 0.3 is 0 Å². The number of nitrogens with zero attached hydrogens (tertiary/aromatic N) is 2. The molecule has 0 aliphatic carbocycles. The van der Waals surface area contributed by atoms with Crippen molar-refractivity contribution >= 4 is 81.0 Å². The minimum Gasteiger partial charge on any atom is -0.512 e. The van der Waals surface area contributed by atoms with Crippen LogP contribution in [-0.2, 0) is 24.9 Å². The third-order valence-electron chi connectivity index (χ3n) is 7.74. The molecular weight excluding hydrogens is 929 g/mol. The third kappa shape index (κ3) is 8.98. The van der Waals surface area contributed by atoms with Crippen LogP contribution in [0.3, 0.4) is 0 Å². The minimum absolute atomic E-state index is 0. The first-order valence-corrected chi connectivity index (χ1v) is 17.1. The van der Waals surface area contributed by atoms with E-state index in [0.29, 0.717) is 0 Å². The number of allylic oxidation sites excluding steroid dienone is 2. The molecule has 4 nitrogen and oxygen atoms in total. The molecule has 249 valence electrons. The van der Waals surface area contributed by atoms with Gasteiger partial charge in [-0.25, -0.2) is 0 Å². The largest absolute Gasteiger partial charge is 0.512 e. The predicted octanol–water partition coefficient (Wildman–Crippen LogP) is 12.3. The van der Waals surface area contributed by atoms with Gasteiger partial charge in [0.25, 0.3) is 0 Å². The average Bonchev–Trinajstić information content (AvgIpc) is 3.11. The monoisotopic (exact) mass is 957 g/mol. The van der Waals surface area contributed by atoms with Crippen LogP contribution in [0, 0.1) is 12.1 Å². The number of pyridine rings is 2. The average molecular weight is 959 g/mol. The SMILES string of the molecule is Brc1ccc(-c2cnc3c(ccc4ccc[c-]c43)c2)cc1.Brc1ccc(-c2cnc3c(ccc4ccc[c-]c43)c2)cc1.CC(=O)/C=C(/C)O.[Ir]. The molecule has 6 aromatic carbocycles. The molecule has 0 fully saturated rings. The molecule has 1 radical (unpaired) electrons. The summed E-state index contributed by atoms with van der Waals surface area (Å²) in [5.74, 6) is -0.0625. The van der Waals surface area contributed by atoms with E-state index in [0.717, 1.165) is 52.7 Å². The zero-order chi connectivity index (χ0) is 34.3. The van der Waals surface area contributed by atoms with Crippen LogP contribution < -0.4 is 0 Å². The molecule has 0 amide bonds. The van der Waals surface area contributed by atoms with Gasteiger partial charge in [-0.1, -0.05) is 92.5 Å². The van der Waals surface area contributed by atoms with E-state index in [1.807, 2.05) is 60.9 Å². The molecule has 8 aromatic rings. The number of hydrogen-bond acceptors (Lipinski definition) is 4. The van der Waals surface area contributed by atoms with Gasteiger partial charge in [0, 0.05) is 47.5 Å². The number of aromatic nitrogens is 2. The Morgan fingerprint density at radius 2 is 1.00 bits per heavy atom. The van der Waals surface area contributed by atoms with Crippen LogP contribution >= 0.6 is 31.9 Å². The van der Waals surface area contributed by atoms with Crippen molar-refractivity contribution < 1.29 is 30.0 Å². The zero-order valence-corrected chi connectivity index (χ0v) is 32.7. The molecular formula is C43H30Br2IrN2O2-2. The van der Waals surface area contributed by atoms with Gasteiger partial charge in [0.1, 0.15) is 0 Å². The van der Waals surface area contributed by atoms with Crippen LogP contribution in [0.4, 0.5) is 0 Å². The van der Waals surface area contributed by atoms with E-state index in [-0.39, 0.29) is 31.6 Å². The van der Waals surface area contributed by atoms with Gasteiger partial charge in [0.2, 0.25) is 0 Å². The van der Waals surface area contributed by atoms with E-state index in [2.05, 4.69) is 127 Å². The molecule has 7 heteroatoms. The first-order valence-electron chi connectivity index (χ1n) is 15.5. The molecule has 0 aliphatic heterocycles. The molecule has 2 aromatic heterocycles. The molecule has 8 rings (SSSR count). The number of carbonyl (C=O) groups excluding carboxylic acids is 1. The summed E-state index contributed by atoms with van der Waals surface area (Å²) >= 11 is 6.93. The van der Waals surface area contributed by atoms with Gasteiger partial charge in [-0.05, 0) is 82.2 Å². The third-order valence-corrected chi connectivity index (χ3v) is 8.79. The quantitative estimate of drug-likeness (QED) is 0.0829. The van der Waals surface area contributed by atoms with Gasteiger partial charge in [0.05, 0.1) is 5.76 Å². The number of ketones is 1. The first kappa shape index (κ1) is 36.8. The van der Waals surface area contributed by atoms with Crippen LogP contribution in [-0.4, -0.2) is 20.9 Å². The molecule has 0 saturated carbocycles. The topological polar surface area (TPSA) is 63.1 Å². The van der Waals surface area contributed by atoms with Crippen molar-refractivity contribution in [1.29, 1.82) is 0 Å². The fraction of sp³-hybridized carbons (Fsp3) is 0.0465. The Labute approximate surface area is 321 Å². The number of aliphatic hydroxyl groups is 1. The Balaban J connectivity index is 0.000000162. The normalized spacial score (nSPS) is 10.9. The second-order valence-corrected chi connectivity index (χ2v) is 13.2. The molecule has 50 heavy (non-hydrogen) atoms. The molecule has 0 aliphatic rings. The van der Waals surface area contributed by atoms with Crippen molar-refractivity contribution in [2.24, 2.45) is 0 Å². The maximum absolute atomic E-state index is 10.0. The number of carbonyl (C=O) groups is 1. The Hall–Kier alpha value is -4.52. The van der Waals surface area contributed by atoms with Crippen LogP contribution in [0.25, 0.3) is 65.6 Å². The van der Waals surface area contributed by atoms with E-state index < -0.39 is 0 Å². The van der Waals surface area contributed by atoms with E-state index in [1.54, 1.807) is 0 Å². The van der Waals surface area contributed by atoms with Gasteiger partial charge in [-0.3, -0.25) is 4.79 Å². The predicted molar refractivity (Wildman–Crippen MR) is 210 cm³/mol. The van der Waals surface area contributed by atoms with Crippen molar-refractivity contribution in [3.05, 3.63) is 167 Å². The number of aliphatic hydroxyl groups excluding tert-OH is 1. The van der Waals surface area contributed by atoms with Crippen LogP contribution in [0.1, 0.15) is 13.8 Å². The van der Waals surface area contributed by atoms with Crippen molar-refractivity contribution in [1.82, 2.24) is 9.97 Å². The van der Waals surface area contributed by atoms with Crippen LogP contribution in [0.5, 0.6) is 0 Å². The number of benzene rings is 6. The van der Waals surface area contributed by atoms with E-state index in [1.165, 1.54) is 41.8 Å². The number of rotatable bonds is 3. The summed E-state index contributed by atoms with van der Waals surface area (Å²) in [6.45, 7) is 2.85. The summed E-state index contributed by atoms with van der Waals surface area (Å²) in [5.41, 5.74) is 6.62. The minimum atomic E-state index is -0.125. The van der Waals surface area contributed by atoms with E-state index >= 15 is 0 Å². The van der Waals surface area contributed by atoms with E-state index in [9.17, 15) is 4.79 Å². The summed E-state index contributed by atoms with van der Waals surface area (Å²) < 4.78 is 2.17. The Bertz CT molecular complexity index is 2300. The molecule has 0 unspecified atom stereocenters. The molecule has 2 heterocycles. The first-order chi connectivity index (χ1) is 23.7. The maximum atomic E-state index is 10.0. The van der Waals surface area contributed by atoms with E-state index in [4.69, 9.17) is 5.11 Å². The molecule has 0 spiro atoms. The van der Waals surface area contributed by atoms with Crippen molar-refractivity contribution in [3.63, 3.8) is 0 Å². The summed E-state index contributed by atoms with van der Waals surface area (Å²) in [6.07, 6.45) is 5.04. The molecule has 0 atom stereocenters. The van der Waals surface area contributed by atoms with Gasteiger partial charge in [-0.15, -0.1) is 70.1 Å². The summed E-state index contributed by atoms with van der Waals surface area (Å²) in [5, 5.41) is 15.2. The number of halogens is 2. The van der Waals surface area contributed by atoms with Crippen LogP contribution in [0.15, 0.2) is 155 Å². The summed E-state index contributed by atoms with van der Waals surface area (Å²) in [4.78, 5) is 19.3. The van der Waals surface area contributed by atoms with Crippen molar-refractivity contribution in [3.8, 4) is 22.3 Å². The molecule has 0 bridgehead atoms. The zero-order valence-electron chi connectivity index (χ0n) is 27.1. The standard InChI is InChI=1S/2C19H11BrN.C5H8O2.Ir/c2*20-17-9-7-13(8-10-17)16-11-15-6-5-14-3-1-2-4-18(14)19(15)21-12-16;1-4(6)3-5(2)7;/h2*1-3,5-12H;3,6H,1-2H3;/q2*-1;;/b;;4-3-;. The summed E-state index contributed by atoms with van der Waals surface area (Å²) in [6, 6.07) is 48.1. The molecule has 1 N–H and O–H groups in total. The van der Waals surface area contributed by atoms with Crippen molar-refractivity contribution in [2.45, 2.75) is 13.8 Å².